The summed E-state index contributed by atoms with van der Waals surface area (Å²) >= 11 is 0.769. The predicted molar refractivity (Wildman–Crippen MR) is 148 cm³/mol. The van der Waals surface area contributed by atoms with Crippen LogP contribution in [0.4, 0.5) is 10.5 Å². The van der Waals surface area contributed by atoms with Gasteiger partial charge in [-0.15, -0.1) is 0 Å². The minimum absolute atomic E-state index is 0.136. The van der Waals surface area contributed by atoms with E-state index in [1.165, 1.54) is 0 Å². The molecule has 2 aliphatic heterocycles. The number of anilines is 1. The number of carbonyl (C=O) groups is 4. The molecule has 0 aliphatic carbocycles. The molecule has 4 rings (SSSR count). The molecule has 0 spiro atoms. The van der Waals surface area contributed by atoms with Crippen LogP contribution in [0.15, 0.2) is 41.3 Å². The summed E-state index contributed by atoms with van der Waals surface area (Å²) in [6.07, 6.45) is 1.57. The van der Waals surface area contributed by atoms with E-state index in [9.17, 15) is 19.2 Å². The Morgan fingerprint density at radius 2 is 1.79 bits per heavy atom. The van der Waals surface area contributed by atoms with Crippen LogP contribution in [-0.4, -0.2) is 78.8 Å². The van der Waals surface area contributed by atoms with Crippen molar-refractivity contribution in [3.63, 3.8) is 0 Å². The highest BCUT2D eigenvalue weighted by Crippen LogP contribution is 2.34. The zero-order chi connectivity index (χ0) is 27.9. The number of ether oxygens (including phenoxy) is 3. The largest absolute Gasteiger partial charge is 0.490 e. The van der Waals surface area contributed by atoms with Crippen molar-refractivity contribution in [3.8, 4) is 11.5 Å². The first-order chi connectivity index (χ1) is 18.7. The second kappa shape index (κ2) is 12.8. The number of nitrogens with one attached hydrogen (secondary N) is 1. The zero-order valence-corrected chi connectivity index (χ0v) is 23.0. The first kappa shape index (κ1) is 28.2. The summed E-state index contributed by atoms with van der Waals surface area (Å²) in [7, 11) is 0. The standard InChI is InChI=1S/C28H31N3O7S/c1-4-37-23-14-20(6-8-22(23)38-17-26(33)30-9-11-36-12-10-30)15-24-27(34)31(28(35)39-24)16-25(32)29-21-7-5-18(2)19(3)13-21/h5-8,13-15H,4,9-12,16-17H2,1-3H3,(H,29,32)/b24-15-. The van der Waals surface area contributed by atoms with Gasteiger partial charge in [0.15, 0.2) is 18.1 Å². The summed E-state index contributed by atoms with van der Waals surface area (Å²) < 4.78 is 16.7. The number of thioether (sulfide) groups is 1. The monoisotopic (exact) mass is 553 g/mol. The van der Waals surface area contributed by atoms with Gasteiger partial charge in [0.1, 0.15) is 6.54 Å². The number of hydrogen-bond donors (Lipinski definition) is 1. The molecule has 2 saturated heterocycles. The van der Waals surface area contributed by atoms with Gasteiger partial charge in [-0.3, -0.25) is 24.1 Å². The maximum Gasteiger partial charge on any atom is 0.294 e. The van der Waals surface area contributed by atoms with Crippen LogP contribution in [0.5, 0.6) is 11.5 Å². The first-order valence-electron chi connectivity index (χ1n) is 12.6. The van der Waals surface area contributed by atoms with Crippen LogP contribution in [0.25, 0.3) is 6.08 Å². The summed E-state index contributed by atoms with van der Waals surface area (Å²) in [6, 6.07) is 10.5. The van der Waals surface area contributed by atoms with Gasteiger partial charge in [-0.05, 0) is 79.6 Å². The molecule has 0 saturated carbocycles. The van der Waals surface area contributed by atoms with Crippen LogP contribution in [0, 0.1) is 13.8 Å². The molecule has 10 nitrogen and oxygen atoms in total. The number of rotatable bonds is 9. The van der Waals surface area contributed by atoms with Crippen molar-refractivity contribution in [2.24, 2.45) is 0 Å². The zero-order valence-electron chi connectivity index (χ0n) is 22.2. The van der Waals surface area contributed by atoms with E-state index in [1.54, 1.807) is 35.2 Å². The fraction of sp³-hybridized carbons (Fsp3) is 0.357. The van der Waals surface area contributed by atoms with Crippen LogP contribution in [0.3, 0.4) is 0 Å². The molecule has 0 unspecified atom stereocenters. The summed E-state index contributed by atoms with van der Waals surface area (Å²) in [5.74, 6) is -0.344. The molecular formula is C28H31N3O7S. The molecule has 2 heterocycles. The normalized spacial score (nSPS) is 16.5. The smallest absolute Gasteiger partial charge is 0.294 e. The van der Waals surface area contributed by atoms with Gasteiger partial charge in [0, 0.05) is 18.8 Å². The lowest BCUT2D eigenvalue weighted by Crippen LogP contribution is -2.43. The highest BCUT2D eigenvalue weighted by Gasteiger charge is 2.36. The Morgan fingerprint density at radius 3 is 2.51 bits per heavy atom. The number of morpholine rings is 1. The van der Waals surface area contributed by atoms with Crippen molar-refractivity contribution in [3.05, 3.63) is 58.0 Å². The van der Waals surface area contributed by atoms with E-state index in [4.69, 9.17) is 14.2 Å². The molecule has 0 atom stereocenters. The van der Waals surface area contributed by atoms with E-state index < -0.39 is 17.1 Å². The fourth-order valence-corrected chi connectivity index (χ4v) is 4.83. The lowest BCUT2D eigenvalue weighted by molar-refractivity contribution is -0.137. The SMILES string of the molecule is CCOc1cc(/C=C2\SC(=O)N(CC(=O)Nc3ccc(C)c(C)c3)C2=O)ccc1OCC(=O)N1CCOCC1. The van der Waals surface area contributed by atoms with Gasteiger partial charge in [0.05, 0.1) is 24.7 Å². The van der Waals surface area contributed by atoms with Crippen LogP contribution < -0.4 is 14.8 Å². The molecule has 0 bridgehead atoms. The second-order valence-electron chi connectivity index (χ2n) is 9.04. The first-order valence-corrected chi connectivity index (χ1v) is 13.4. The van der Waals surface area contributed by atoms with Gasteiger partial charge in [-0.2, -0.15) is 0 Å². The van der Waals surface area contributed by atoms with E-state index in [0.29, 0.717) is 55.7 Å². The van der Waals surface area contributed by atoms with Gasteiger partial charge in [0.25, 0.3) is 17.1 Å². The molecule has 2 aromatic carbocycles. The number of hydrogen-bond acceptors (Lipinski definition) is 8. The third kappa shape index (κ3) is 7.18. The molecular weight excluding hydrogens is 522 g/mol. The maximum atomic E-state index is 12.9. The van der Waals surface area contributed by atoms with Crippen molar-refractivity contribution < 1.29 is 33.4 Å². The molecule has 11 heteroatoms. The van der Waals surface area contributed by atoms with Crippen molar-refractivity contribution in [2.75, 3.05) is 51.4 Å². The Hall–Kier alpha value is -3.83. The fourth-order valence-electron chi connectivity index (χ4n) is 4.00. The quantitative estimate of drug-likeness (QED) is 0.469. The molecule has 2 aromatic rings. The van der Waals surface area contributed by atoms with Crippen LogP contribution >= 0.6 is 11.8 Å². The highest BCUT2D eigenvalue weighted by molar-refractivity contribution is 8.18. The van der Waals surface area contributed by atoms with Gasteiger partial charge < -0.3 is 24.4 Å². The molecule has 206 valence electrons. The van der Waals surface area contributed by atoms with Crippen LogP contribution in [0.2, 0.25) is 0 Å². The number of aryl methyl sites for hydroxylation is 2. The predicted octanol–water partition coefficient (Wildman–Crippen LogP) is 3.61. The minimum atomic E-state index is -0.547. The number of imide groups is 1. The number of nitrogens with zero attached hydrogens (tertiary/aromatic N) is 2. The summed E-state index contributed by atoms with van der Waals surface area (Å²) in [6.45, 7) is 7.65. The third-order valence-electron chi connectivity index (χ3n) is 6.25. The lowest BCUT2D eigenvalue weighted by Gasteiger charge is -2.26. The molecule has 0 radical (unpaired) electrons. The number of benzene rings is 2. The van der Waals surface area contributed by atoms with E-state index in [1.807, 2.05) is 32.9 Å². The maximum absolute atomic E-state index is 12.9. The second-order valence-corrected chi connectivity index (χ2v) is 10.0. The van der Waals surface area contributed by atoms with E-state index in [0.717, 1.165) is 27.8 Å². The Bertz CT molecular complexity index is 1300. The van der Waals surface area contributed by atoms with Gasteiger partial charge in [-0.1, -0.05) is 12.1 Å². The van der Waals surface area contributed by atoms with E-state index in [2.05, 4.69) is 5.32 Å². The number of carbonyl (C=O) groups excluding carboxylic acids is 4. The van der Waals surface area contributed by atoms with Crippen molar-refractivity contribution in [2.45, 2.75) is 20.8 Å². The van der Waals surface area contributed by atoms with E-state index in [-0.39, 0.29) is 24.0 Å². The number of amides is 4. The van der Waals surface area contributed by atoms with Crippen molar-refractivity contribution in [1.29, 1.82) is 0 Å². The molecule has 0 aromatic heterocycles. The molecule has 1 N–H and O–H groups in total. The van der Waals surface area contributed by atoms with Gasteiger partial charge in [0.2, 0.25) is 5.91 Å². The summed E-state index contributed by atoms with van der Waals surface area (Å²) in [5.41, 5.74) is 3.32. The Balaban J connectivity index is 1.41. The Morgan fingerprint density at radius 1 is 1.03 bits per heavy atom. The van der Waals surface area contributed by atoms with E-state index >= 15 is 0 Å². The Kier molecular flexibility index (Phi) is 9.26. The summed E-state index contributed by atoms with van der Waals surface area (Å²) in [4.78, 5) is 53.2. The highest BCUT2D eigenvalue weighted by atomic mass is 32.2. The lowest BCUT2D eigenvalue weighted by atomic mass is 10.1. The van der Waals surface area contributed by atoms with Crippen molar-refractivity contribution >= 4 is 46.5 Å². The minimum Gasteiger partial charge on any atom is -0.490 e. The molecule has 4 amide bonds. The average Bonchev–Trinajstić information content (AvgIpc) is 3.18. The van der Waals surface area contributed by atoms with Crippen LogP contribution in [-0.2, 0) is 19.1 Å². The van der Waals surface area contributed by atoms with Crippen molar-refractivity contribution in [1.82, 2.24) is 9.80 Å². The molecule has 2 aliphatic rings. The van der Waals surface area contributed by atoms with Gasteiger partial charge in [-0.25, -0.2) is 0 Å². The third-order valence-corrected chi connectivity index (χ3v) is 7.15. The average molecular weight is 554 g/mol. The summed E-state index contributed by atoms with van der Waals surface area (Å²) in [5, 5.41) is 2.21. The van der Waals surface area contributed by atoms with Crippen LogP contribution in [0.1, 0.15) is 23.6 Å². The molecule has 2 fully saturated rings. The molecule has 39 heavy (non-hydrogen) atoms. The van der Waals surface area contributed by atoms with Gasteiger partial charge >= 0.3 is 0 Å². The Labute approximate surface area is 231 Å². The topological polar surface area (TPSA) is 114 Å².